The van der Waals surface area contributed by atoms with E-state index in [1.807, 2.05) is 12.1 Å². The highest BCUT2D eigenvalue weighted by Crippen LogP contribution is 2.37. The number of benzene rings is 2. The third kappa shape index (κ3) is 5.63. The van der Waals surface area contributed by atoms with Gasteiger partial charge in [0.05, 0.1) is 29.6 Å². The lowest BCUT2D eigenvalue weighted by Crippen LogP contribution is -2.30. The maximum absolute atomic E-state index is 12.7. The quantitative estimate of drug-likeness (QED) is 0.453. The van der Waals surface area contributed by atoms with Gasteiger partial charge in [-0.3, -0.25) is 9.69 Å². The summed E-state index contributed by atoms with van der Waals surface area (Å²) in [6.07, 6.45) is 0.675. The Morgan fingerprint density at radius 2 is 1.92 bits per heavy atom. The number of fused-ring (bicyclic) bond motifs is 1. The van der Waals surface area contributed by atoms with Crippen LogP contribution in [-0.4, -0.2) is 38.8 Å². The number of sulfonamides is 1. The van der Waals surface area contributed by atoms with Crippen molar-refractivity contribution in [3.8, 4) is 6.07 Å². The van der Waals surface area contributed by atoms with Crippen LogP contribution in [0.1, 0.15) is 37.5 Å². The topological polar surface area (TPSA) is 143 Å². The number of rotatable bonds is 7. The molecule has 0 unspecified atom stereocenters. The number of primary sulfonamides is 1. The average molecular weight is 525 g/mol. The number of carbonyl (C=O) groups is 2. The van der Waals surface area contributed by atoms with Crippen molar-refractivity contribution in [1.29, 1.82) is 5.26 Å². The second-order valence-corrected chi connectivity index (χ2v) is 11.0. The second-order valence-electron chi connectivity index (χ2n) is 8.34. The average Bonchev–Trinajstić information content (AvgIpc) is 3.19. The van der Waals surface area contributed by atoms with Gasteiger partial charge in [-0.2, -0.15) is 5.26 Å². The Morgan fingerprint density at radius 3 is 2.58 bits per heavy atom. The van der Waals surface area contributed by atoms with Crippen molar-refractivity contribution in [3.05, 3.63) is 81.2 Å². The summed E-state index contributed by atoms with van der Waals surface area (Å²) in [6, 6.07) is 15.3. The molecule has 0 saturated heterocycles. The van der Waals surface area contributed by atoms with Crippen LogP contribution in [0.3, 0.4) is 0 Å². The number of nitrogens with one attached hydrogen (secondary N) is 1. The van der Waals surface area contributed by atoms with E-state index in [1.54, 1.807) is 12.1 Å². The van der Waals surface area contributed by atoms with Crippen molar-refractivity contribution in [2.75, 3.05) is 19.0 Å². The van der Waals surface area contributed by atoms with Gasteiger partial charge in [-0.05, 0) is 41.3 Å². The molecule has 186 valence electrons. The number of methoxy groups -OCH3 is 1. The summed E-state index contributed by atoms with van der Waals surface area (Å²) < 4.78 is 27.7. The molecule has 0 bridgehead atoms. The molecule has 1 amide bonds. The fraction of sp³-hybridized carbons (Fsp3) is 0.240. The van der Waals surface area contributed by atoms with Gasteiger partial charge in [0.1, 0.15) is 11.1 Å². The van der Waals surface area contributed by atoms with Crippen LogP contribution in [0.25, 0.3) is 0 Å². The standard InChI is InChI=1S/C25H24N4O5S2/c1-34-25(31)19-5-3-2-4-17(19)14-29-11-10-20-21(13-26)24(35-22(20)15-29)28-23(30)12-16-6-8-18(9-7-16)36(27,32)33/h2-9H,10-12,14-15H2,1H3,(H,28,30)(H2,27,32,33). The van der Waals surface area contributed by atoms with E-state index in [0.717, 1.165) is 16.0 Å². The summed E-state index contributed by atoms with van der Waals surface area (Å²) in [7, 11) is -2.44. The van der Waals surface area contributed by atoms with Gasteiger partial charge in [0.2, 0.25) is 15.9 Å². The van der Waals surface area contributed by atoms with Gasteiger partial charge in [0.25, 0.3) is 0 Å². The van der Waals surface area contributed by atoms with E-state index in [2.05, 4.69) is 16.3 Å². The maximum atomic E-state index is 12.7. The van der Waals surface area contributed by atoms with E-state index in [9.17, 15) is 23.3 Å². The summed E-state index contributed by atoms with van der Waals surface area (Å²) in [4.78, 5) is 27.9. The van der Waals surface area contributed by atoms with Crippen LogP contribution in [0, 0.1) is 11.3 Å². The molecule has 3 aromatic rings. The highest BCUT2D eigenvalue weighted by atomic mass is 32.2. The van der Waals surface area contributed by atoms with Crippen LogP contribution in [0.15, 0.2) is 53.4 Å². The molecule has 36 heavy (non-hydrogen) atoms. The number of ether oxygens (including phenoxy) is 1. The lowest BCUT2D eigenvalue weighted by atomic mass is 10.0. The molecule has 0 aliphatic carbocycles. The molecule has 9 nitrogen and oxygen atoms in total. The Labute approximate surface area is 213 Å². The normalized spacial score (nSPS) is 13.5. The van der Waals surface area contributed by atoms with Gasteiger partial charge >= 0.3 is 5.97 Å². The van der Waals surface area contributed by atoms with Crippen molar-refractivity contribution in [1.82, 2.24) is 4.90 Å². The van der Waals surface area contributed by atoms with Crippen LogP contribution >= 0.6 is 11.3 Å². The first-order chi connectivity index (χ1) is 17.2. The van der Waals surface area contributed by atoms with Gasteiger partial charge in [-0.1, -0.05) is 30.3 Å². The molecule has 0 saturated carbocycles. The molecule has 1 aliphatic heterocycles. The van der Waals surface area contributed by atoms with Crippen LogP contribution in [0.4, 0.5) is 5.00 Å². The predicted molar refractivity (Wildman–Crippen MR) is 135 cm³/mol. The van der Waals surface area contributed by atoms with E-state index in [0.29, 0.717) is 47.7 Å². The minimum Gasteiger partial charge on any atom is -0.465 e. The molecule has 1 aromatic heterocycles. The van der Waals surface area contributed by atoms with Gasteiger partial charge < -0.3 is 10.1 Å². The van der Waals surface area contributed by atoms with E-state index >= 15 is 0 Å². The molecule has 4 rings (SSSR count). The summed E-state index contributed by atoms with van der Waals surface area (Å²) >= 11 is 1.38. The van der Waals surface area contributed by atoms with Crippen LogP contribution in [0.5, 0.6) is 0 Å². The number of hydrogen-bond acceptors (Lipinski definition) is 8. The first-order valence-electron chi connectivity index (χ1n) is 11.0. The Hall–Kier alpha value is -3.56. The highest BCUT2D eigenvalue weighted by molar-refractivity contribution is 7.89. The van der Waals surface area contributed by atoms with Gasteiger partial charge in [0, 0.05) is 24.5 Å². The lowest BCUT2D eigenvalue weighted by Gasteiger charge is -2.27. The van der Waals surface area contributed by atoms with E-state index in [-0.39, 0.29) is 23.2 Å². The first-order valence-corrected chi connectivity index (χ1v) is 13.4. The Bertz CT molecular complexity index is 1460. The number of nitrogens with zero attached hydrogens (tertiary/aromatic N) is 2. The van der Waals surface area contributed by atoms with Crippen molar-refractivity contribution in [2.45, 2.75) is 30.8 Å². The molecule has 0 spiro atoms. The van der Waals surface area contributed by atoms with Gasteiger partial charge in [-0.25, -0.2) is 18.4 Å². The summed E-state index contributed by atoms with van der Waals surface area (Å²) in [5.74, 6) is -0.687. The summed E-state index contributed by atoms with van der Waals surface area (Å²) in [5.41, 5.74) is 3.43. The maximum Gasteiger partial charge on any atom is 0.338 e. The number of thiophene rings is 1. The number of amides is 1. The molecule has 11 heteroatoms. The molecular weight excluding hydrogens is 500 g/mol. The van der Waals surface area contributed by atoms with Gasteiger partial charge in [0.15, 0.2) is 0 Å². The first kappa shape index (κ1) is 25.5. The Balaban J connectivity index is 1.46. The predicted octanol–water partition coefficient (Wildman–Crippen LogP) is 2.79. The molecule has 0 atom stereocenters. The number of nitriles is 1. The third-order valence-corrected chi connectivity index (χ3v) is 8.00. The van der Waals surface area contributed by atoms with Crippen molar-refractivity contribution >= 4 is 38.2 Å². The minimum absolute atomic E-state index is 0.0226. The van der Waals surface area contributed by atoms with Crippen molar-refractivity contribution in [2.24, 2.45) is 5.14 Å². The third-order valence-electron chi connectivity index (χ3n) is 5.93. The lowest BCUT2D eigenvalue weighted by molar-refractivity contribution is -0.115. The Morgan fingerprint density at radius 1 is 1.19 bits per heavy atom. The molecular formula is C25H24N4O5S2. The molecule has 3 N–H and O–H groups in total. The minimum atomic E-state index is -3.80. The van der Waals surface area contributed by atoms with Crippen molar-refractivity contribution in [3.63, 3.8) is 0 Å². The molecule has 2 aromatic carbocycles. The van der Waals surface area contributed by atoms with E-state index < -0.39 is 10.0 Å². The van der Waals surface area contributed by atoms with E-state index in [1.165, 1.54) is 42.7 Å². The fourth-order valence-corrected chi connectivity index (χ4v) is 5.93. The smallest absolute Gasteiger partial charge is 0.338 e. The Kier molecular flexibility index (Phi) is 7.51. The number of esters is 1. The second kappa shape index (κ2) is 10.6. The number of anilines is 1. The molecule has 1 aliphatic rings. The molecule has 0 fully saturated rings. The summed E-state index contributed by atoms with van der Waals surface area (Å²) in [5, 5.41) is 18.2. The van der Waals surface area contributed by atoms with Crippen LogP contribution < -0.4 is 10.5 Å². The van der Waals surface area contributed by atoms with Crippen molar-refractivity contribution < 1.29 is 22.7 Å². The zero-order valence-electron chi connectivity index (χ0n) is 19.5. The van der Waals surface area contributed by atoms with E-state index in [4.69, 9.17) is 9.88 Å². The molecule has 0 radical (unpaired) electrons. The number of carbonyl (C=O) groups excluding carboxylic acids is 2. The van der Waals surface area contributed by atoms with Crippen LogP contribution in [-0.2, 0) is 45.5 Å². The highest BCUT2D eigenvalue weighted by Gasteiger charge is 2.26. The number of nitrogens with two attached hydrogens (primary N) is 1. The van der Waals surface area contributed by atoms with Crippen LogP contribution in [0.2, 0.25) is 0 Å². The monoisotopic (exact) mass is 524 g/mol. The zero-order chi connectivity index (χ0) is 25.9. The van der Waals surface area contributed by atoms with Gasteiger partial charge in [-0.15, -0.1) is 11.3 Å². The largest absolute Gasteiger partial charge is 0.465 e. The molecule has 2 heterocycles. The number of hydrogen-bond donors (Lipinski definition) is 2. The zero-order valence-corrected chi connectivity index (χ0v) is 21.1. The summed E-state index contributed by atoms with van der Waals surface area (Å²) in [6.45, 7) is 1.85. The SMILES string of the molecule is COC(=O)c1ccccc1CN1CCc2c(sc(NC(=O)Cc3ccc(S(N)(=O)=O)cc3)c2C#N)C1. The fourth-order valence-electron chi connectivity index (χ4n) is 4.16.